The molecule has 0 radical (unpaired) electrons. The fourth-order valence-electron chi connectivity index (χ4n) is 3.22. The Morgan fingerprint density at radius 1 is 1.19 bits per heavy atom. The molecule has 5 nitrogen and oxygen atoms in total. The maximum absolute atomic E-state index is 5.53. The van der Waals surface area contributed by atoms with E-state index in [1.807, 2.05) is 54.4 Å². The number of ether oxygens (including phenoxy) is 1. The van der Waals surface area contributed by atoms with Crippen LogP contribution in [0.4, 0.5) is 0 Å². The maximum Gasteiger partial charge on any atom is 0.146 e. The number of nitrogens with zero attached hydrogens (tertiary/aromatic N) is 3. The molecule has 27 heavy (non-hydrogen) atoms. The summed E-state index contributed by atoms with van der Waals surface area (Å²) < 4.78 is 7.46. The normalized spacial score (nSPS) is 15.1. The van der Waals surface area contributed by atoms with Gasteiger partial charge in [0, 0.05) is 29.2 Å². The molecule has 5 heteroatoms. The highest BCUT2D eigenvalue weighted by Crippen LogP contribution is 2.26. The summed E-state index contributed by atoms with van der Waals surface area (Å²) in [6, 6.07) is 12.4. The number of hydrogen-bond donors (Lipinski definition) is 1. The van der Waals surface area contributed by atoms with Gasteiger partial charge in [0.25, 0.3) is 0 Å². The van der Waals surface area contributed by atoms with E-state index in [1.165, 1.54) is 11.1 Å². The Morgan fingerprint density at radius 2 is 2.00 bits per heavy atom. The number of nitrogens with one attached hydrogen (secondary N) is 1. The minimum absolute atomic E-state index is 0.735. The Balaban J connectivity index is 1.60. The molecule has 0 amide bonds. The minimum atomic E-state index is 0.735. The van der Waals surface area contributed by atoms with Gasteiger partial charge in [-0.2, -0.15) is 5.10 Å². The summed E-state index contributed by atoms with van der Waals surface area (Å²) in [6.07, 6.45) is 7.85. The highest BCUT2D eigenvalue weighted by atomic mass is 16.5. The van der Waals surface area contributed by atoms with Crippen LogP contribution < -0.4 is 0 Å². The molecule has 0 fully saturated rings. The van der Waals surface area contributed by atoms with Crippen LogP contribution >= 0.6 is 0 Å². The van der Waals surface area contributed by atoms with Crippen molar-refractivity contribution < 1.29 is 4.74 Å². The van der Waals surface area contributed by atoms with E-state index in [4.69, 9.17) is 9.73 Å². The number of aryl methyl sites for hydroxylation is 2. The standard InChI is InChI=1S/C22H22N4O/c1-15-9-16(2)24-19(15)10-21-22(27-3)11-20(25-21)18-12-23-26(14-18)13-17-7-5-4-6-8-17/h4-12,14,24H,13H2,1-3H3. The molecule has 136 valence electrons. The highest BCUT2D eigenvalue weighted by Gasteiger charge is 2.18. The number of hydrogen-bond acceptors (Lipinski definition) is 3. The van der Waals surface area contributed by atoms with Crippen molar-refractivity contribution in [1.29, 1.82) is 0 Å². The fraction of sp³-hybridized carbons (Fsp3) is 0.182. The summed E-state index contributed by atoms with van der Waals surface area (Å²) in [5.74, 6) is 0.757. The number of aromatic nitrogens is 3. The molecule has 0 spiro atoms. The van der Waals surface area contributed by atoms with Gasteiger partial charge in [-0.25, -0.2) is 4.99 Å². The maximum atomic E-state index is 5.53. The molecule has 0 unspecified atom stereocenters. The molecule has 3 aromatic rings. The van der Waals surface area contributed by atoms with Crippen molar-refractivity contribution in [2.24, 2.45) is 4.99 Å². The first-order chi connectivity index (χ1) is 13.1. The van der Waals surface area contributed by atoms with Gasteiger partial charge in [0.2, 0.25) is 0 Å². The summed E-state index contributed by atoms with van der Waals surface area (Å²) >= 11 is 0. The van der Waals surface area contributed by atoms with Crippen LogP contribution in [0.5, 0.6) is 0 Å². The predicted octanol–water partition coefficient (Wildman–Crippen LogP) is 4.25. The lowest BCUT2D eigenvalue weighted by atomic mass is 10.2. The van der Waals surface area contributed by atoms with Crippen LogP contribution in [0.2, 0.25) is 0 Å². The highest BCUT2D eigenvalue weighted by molar-refractivity contribution is 6.11. The van der Waals surface area contributed by atoms with E-state index in [1.54, 1.807) is 7.11 Å². The summed E-state index contributed by atoms with van der Waals surface area (Å²) in [7, 11) is 1.67. The van der Waals surface area contributed by atoms with Crippen LogP contribution in [-0.4, -0.2) is 27.6 Å². The number of benzene rings is 1. The molecule has 4 rings (SSSR count). The van der Waals surface area contributed by atoms with Gasteiger partial charge in [0.05, 0.1) is 25.6 Å². The van der Waals surface area contributed by atoms with E-state index in [-0.39, 0.29) is 0 Å². The third-order valence-electron chi connectivity index (χ3n) is 4.57. The van der Waals surface area contributed by atoms with E-state index >= 15 is 0 Å². The first-order valence-electron chi connectivity index (χ1n) is 8.92. The van der Waals surface area contributed by atoms with Gasteiger partial charge in [-0.05, 0) is 37.1 Å². The molecule has 0 aliphatic carbocycles. The Kier molecular flexibility index (Phi) is 4.50. The van der Waals surface area contributed by atoms with Gasteiger partial charge in [0.15, 0.2) is 0 Å². The van der Waals surface area contributed by atoms with Crippen molar-refractivity contribution in [1.82, 2.24) is 14.8 Å². The third-order valence-corrected chi connectivity index (χ3v) is 4.57. The molecule has 1 N–H and O–H groups in total. The smallest absolute Gasteiger partial charge is 0.146 e. The molecule has 0 bridgehead atoms. The van der Waals surface area contributed by atoms with E-state index < -0.39 is 0 Å². The molecule has 2 aromatic heterocycles. The van der Waals surface area contributed by atoms with Gasteiger partial charge >= 0.3 is 0 Å². The van der Waals surface area contributed by atoms with Gasteiger partial charge in [-0.15, -0.1) is 0 Å². The fourth-order valence-corrected chi connectivity index (χ4v) is 3.22. The van der Waals surface area contributed by atoms with Crippen molar-refractivity contribution in [3.63, 3.8) is 0 Å². The average molecular weight is 358 g/mol. The zero-order chi connectivity index (χ0) is 18.8. The summed E-state index contributed by atoms with van der Waals surface area (Å²) in [4.78, 5) is 8.12. The van der Waals surface area contributed by atoms with Gasteiger partial charge in [-0.1, -0.05) is 30.3 Å². The monoisotopic (exact) mass is 358 g/mol. The van der Waals surface area contributed by atoms with Crippen molar-refractivity contribution in [2.75, 3.05) is 7.11 Å². The second kappa shape index (κ2) is 7.11. The predicted molar refractivity (Wildman–Crippen MR) is 108 cm³/mol. The van der Waals surface area contributed by atoms with Gasteiger partial charge < -0.3 is 9.72 Å². The van der Waals surface area contributed by atoms with Crippen molar-refractivity contribution in [3.05, 3.63) is 94.4 Å². The minimum Gasteiger partial charge on any atom is -0.494 e. The first kappa shape index (κ1) is 17.1. The second-order valence-corrected chi connectivity index (χ2v) is 6.70. The first-order valence-corrected chi connectivity index (χ1v) is 8.92. The number of allylic oxidation sites excluding steroid dienone is 1. The zero-order valence-electron chi connectivity index (χ0n) is 15.7. The van der Waals surface area contributed by atoms with Crippen LogP contribution in [-0.2, 0) is 11.3 Å². The molecule has 0 atom stereocenters. The van der Waals surface area contributed by atoms with E-state index in [2.05, 4.69) is 35.2 Å². The molecule has 0 saturated carbocycles. The number of aliphatic imine (C=N–C) groups is 1. The van der Waals surface area contributed by atoms with Crippen LogP contribution in [0.3, 0.4) is 0 Å². The lowest BCUT2D eigenvalue weighted by Gasteiger charge is -2.01. The zero-order valence-corrected chi connectivity index (χ0v) is 15.7. The summed E-state index contributed by atoms with van der Waals surface area (Å²) in [6.45, 7) is 4.87. The Morgan fingerprint density at radius 3 is 2.70 bits per heavy atom. The largest absolute Gasteiger partial charge is 0.494 e. The van der Waals surface area contributed by atoms with Gasteiger partial charge in [0.1, 0.15) is 11.5 Å². The second-order valence-electron chi connectivity index (χ2n) is 6.70. The van der Waals surface area contributed by atoms with Crippen molar-refractivity contribution in [2.45, 2.75) is 20.4 Å². The van der Waals surface area contributed by atoms with Crippen molar-refractivity contribution in [3.8, 4) is 0 Å². The molecule has 1 aromatic carbocycles. The average Bonchev–Trinajstić information content (AvgIpc) is 3.35. The molecule has 0 saturated heterocycles. The number of methoxy groups -OCH3 is 1. The van der Waals surface area contributed by atoms with E-state index in [0.717, 1.165) is 40.7 Å². The molecule has 3 heterocycles. The Labute approximate surface area is 158 Å². The molecule has 1 aliphatic heterocycles. The number of H-pyrrole nitrogens is 1. The lowest BCUT2D eigenvalue weighted by Crippen LogP contribution is -1.99. The Hall–Kier alpha value is -3.34. The molecular weight excluding hydrogens is 336 g/mol. The van der Waals surface area contributed by atoms with E-state index in [0.29, 0.717) is 0 Å². The SMILES string of the molecule is COC1=CC(c2cnn(Cc3ccccc3)c2)=NC1=Cc1[nH]c(C)cc1C. The van der Waals surface area contributed by atoms with Crippen LogP contribution in [0, 0.1) is 13.8 Å². The Bertz CT molecular complexity index is 1050. The quantitative estimate of drug-likeness (QED) is 0.741. The van der Waals surface area contributed by atoms with Crippen LogP contribution in [0.1, 0.15) is 28.1 Å². The van der Waals surface area contributed by atoms with Crippen molar-refractivity contribution >= 4 is 11.8 Å². The summed E-state index contributed by atoms with van der Waals surface area (Å²) in [5, 5.41) is 4.47. The van der Waals surface area contributed by atoms with Crippen LogP contribution in [0.25, 0.3) is 6.08 Å². The lowest BCUT2D eigenvalue weighted by molar-refractivity contribution is 0.303. The number of rotatable bonds is 5. The summed E-state index contributed by atoms with van der Waals surface area (Å²) in [5.41, 5.74) is 7.23. The number of aromatic amines is 1. The van der Waals surface area contributed by atoms with E-state index in [9.17, 15) is 0 Å². The molecule has 1 aliphatic rings. The third kappa shape index (κ3) is 3.62. The van der Waals surface area contributed by atoms with Gasteiger partial charge in [-0.3, -0.25) is 4.68 Å². The topological polar surface area (TPSA) is 55.2 Å². The van der Waals surface area contributed by atoms with Crippen LogP contribution in [0.15, 0.2) is 71.3 Å². The molecular formula is C22H22N4O.